The van der Waals surface area contributed by atoms with Gasteiger partial charge in [-0.3, -0.25) is 14.2 Å². The zero-order valence-electron chi connectivity index (χ0n) is 28.7. The minimum absolute atomic E-state index is 0.292. The number of nitrogen functional groups attached to an aromatic ring is 1. The number of nitrogens with two attached hydrogens (primary N) is 1. The van der Waals surface area contributed by atoms with Gasteiger partial charge in [0.25, 0.3) is 0 Å². The molecule has 0 aromatic carbocycles. The van der Waals surface area contributed by atoms with E-state index in [0.717, 1.165) is 25.7 Å². The van der Waals surface area contributed by atoms with Crippen LogP contribution in [-0.4, -0.2) is 63.2 Å². The first kappa shape index (κ1) is 34.3. The molecule has 4 N–H and O–H groups in total. The van der Waals surface area contributed by atoms with Gasteiger partial charge in [0, 0.05) is 6.20 Å². The van der Waals surface area contributed by atoms with Gasteiger partial charge in [-0.05, 0) is 115 Å². The van der Waals surface area contributed by atoms with Crippen LogP contribution in [0.4, 0.5) is 5.69 Å². The maximum atomic E-state index is 14.7. The van der Waals surface area contributed by atoms with E-state index < -0.39 is 36.6 Å². The van der Waals surface area contributed by atoms with E-state index in [9.17, 15) is 14.2 Å². The van der Waals surface area contributed by atoms with Crippen LogP contribution in [0.15, 0.2) is 18.6 Å². The number of pyridine rings is 1. The number of aromatic nitrogens is 3. The van der Waals surface area contributed by atoms with Crippen LogP contribution >= 0.6 is 7.44 Å². The SMILES string of the molecule is C[C@H](Cn1cnc2c(N)ccnc21)OCP(=O)(NC(C)(C)C(=O)OCC1CC2(CCC2)C1)NC(C)(C)C(=O)OCC1CC2(CCC2)C1. The molecule has 4 aliphatic rings. The number of carbonyl (C=O) groups excluding carboxylic acids is 2. The number of esters is 2. The fourth-order valence-electron chi connectivity index (χ4n) is 8.25. The number of nitrogens with zero attached hydrogens (tertiary/aromatic N) is 3. The molecule has 4 fully saturated rings. The van der Waals surface area contributed by atoms with Crippen LogP contribution in [0.1, 0.15) is 98.8 Å². The van der Waals surface area contributed by atoms with Gasteiger partial charge in [-0.15, -0.1) is 0 Å². The third kappa shape index (κ3) is 7.41. The topological polar surface area (TPSA) is 160 Å². The second-order valence-corrected chi connectivity index (χ2v) is 18.4. The van der Waals surface area contributed by atoms with E-state index in [4.69, 9.17) is 19.9 Å². The molecule has 0 saturated heterocycles. The fraction of sp³-hybridized carbons (Fsp3) is 0.765. The van der Waals surface area contributed by atoms with Crippen LogP contribution in [0, 0.1) is 22.7 Å². The summed E-state index contributed by atoms with van der Waals surface area (Å²) in [5.74, 6) is -0.245. The van der Waals surface area contributed by atoms with Crippen LogP contribution < -0.4 is 15.9 Å². The van der Waals surface area contributed by atoms with E-state index in [2.05, 4.69) is 20.1 Å². The molecule has 2 aromatic rings. The summed E-state index contributed by atoms with van der Waals surface area (Å²) in [6, 6.07) is 1.70. The Bertz CT molecular complexity index is 1450. The highest BCUT2D eigenvalue weighted by molar-refractivity contribution is 7.59. The van der Waals surface area contributed by atoms with E-state index in [1.165, 1.54) is 38.5 Å². The molecular weight excluding hydrogens is 619 g/mol. The average Bonchev–Trinajstić information content (AvgIpc) is 3.31. The lowest BCUT2D eigenvalue weighted by Crippen LogP contribution is -2.54. The maximum Gasteiger partial charge on any atom is 0.326 e. The summed E-state index contributed by atoms with van der Waals surface area (Å²) in [6.07, 6.45) is 14.7. The minimum Gasteiger partial charge on any atom is -0.464 e. The van der Waals surface area contributed by atoms with Crippen LogP contribution in [0.5, 0.6) is 0 Å². The van der Waals surface area contributed by atoms with Gasteiger partial charge in [0.15, 0.2) is 5.65 Å². The van der Waals surface area contributed by atoms with E-state index in [1.807, 2.05) is 11.5 Å². The molecule has 47 heavy (non-hydrogen) atoms. The third-order valence-corrected chi connectivity index (χ3v) is 13.4. The number of fused-ring (bicyclic) bond motifs is 1. The standard InChI is InChI=1S/C34H53N6O6P/c1-23(18-40-21-37-27-26(35)8-13-36-28(27)40)46-22-47(43,38-31(2,3)29(41)44-19-24-14-33(15-24)9-6-10-33)39-32(4,5)30(42)45-20-25-16-34(17-25)11-7-12-34/h8,13,21,23-25H,6-7,9-12,14-20,22H2,1-5H3,(H2,35,36)(H2,38,39,43)/t23-/m1/s1. The number of anilines is 1. The van der Waals surface area contributed by atoms with Gasteiger partial charge >= 0.3 is 11.9 Å². The molecule has 4 saturated carbocycles. The van der Waals surface area contributed by atoms with Crippen molar-refractivity contribution in [2.75, 3.05) is 25.3 Å². The predicted octanol–water partition coefficient (Wildman–Crippen LogP) is 5.55. The van der Waals surface area contributed by atoms with Gasteiger partial charge in [0.2, 0.25) is 7.44 Å². The summed E-state index contributed by atoms with van der Waals surface area (Å²) < 4.78 is 34.1. The van der Waals surface area contributed by atoms with E-state index in [0.29, 0.717) is 59.3 Å². The van der Waals surface area contributed by atoms with Crippen LogP contribution in [0.2, 0.25) is 0 Å². The van der Waals surface area contributed by atoms with Gasteiger partial charge in [0.1, 0.15) is 22.9 Å². The van der Waals surface area contributed by atoms with Crippen molar-refractivity contribution in [2.24, 2.45) is 22.7 Å². The van der Waals surface area contributed by atoms with Crippen LogP contribution in [0.25, 0.3) is 11.2 Å². The van der Waals surface area contributed by atoms with Gasteiger partial charge in [-0.1, -0.05) is 12.8 Å². The highest BCUT2D eigenvalue weighted by atomic mass is 31.2. The van der Waals surface area contributed by atoms with Crippen molar-refractivity contribution >= 4 is 36.2 Å². The van der Waals surface area contributed by atoms with Crippen molar-refractivity contribution in [2.45, 2.75) is 123 Å². The number of carbonyl (C=O) groups is 2. The number of ether oxygens (including phenoxy) is 3. The molecule has 0 radical (unpaired) electrons. The summed E-state index contributed by atoms with van der Waals surface area (Å²) in [4.78, 5) is 35.4. The monoisotopic (exact) mass is 672 g/mol. The second-order valence-electron chi connectivity index (χ2n) is 16.2. The summed E-state index contributed by atoms with van der Waals surface area (Å²) in [5.41, 5.74) is 6.13. The van der Waals surface area contributed by atoms with E-state index in [1.54, 1.807) is 46.3 Å². The second kappa shape index (κ2) is 12.7. The average molecular weight is 673 g/mol. The van der Waals surface area contributed by atoms with Crippen LogP contribution in [0.3, 0.4) is 0 Å². The molecule has 2 aromatic heterocycles. The number of imidazole rings is 1. The summed E-state index contributed by atoms with van der Waals surface area (Å²) >= 11 is 0. The Balaban J connectivity index is 1.09. The molecule has 0 aliphatic heterocycles. The van der Waals surface area contributed by atoms with E-state index in [-0.39, 0.29) is 6.35 Å². The zero-order valence-corrected chi connectivity index (χ0v) is 29.6. The minimum atomic E-state index is -3.77. The van der Waals surface area contributed by atoms with Gasteiger partial charge in [-0.2, -0.15) is 0 Å². The first-order valence-electron chi connectivity index (χ1n) is 17.3. The smallest absolute Gasteiger partial charge is 0.326 e. The van der Waals surface area contributed by atoms with Crippen molar-refractivity contribution < 1.29 is 28.4 Å². The van der Waals surface area contributed by atoms with Crippen LogP contribution in [-0.2, 0) is 34.9 Å². The molecule has 13 heteroatoms. The molecule has 12 nitrogen and oxygen atoms in total. The Morgan fingerprint density at radius 3 is 1.94 bits per heavy atom. The maximum absolute atomic E-state index is 14.7. The summed E-state index contributed by atoms with van der Waals surface area (Å²) in [5, 5.41) is 6.06. The van der Waals surface area contributed by atoms with Crippen molar-refractivity contribution in [1.29, 1.82) is 0 Å². The lowest BCUT2D eigenvalue weighted by molar-refractivity contribution is -0.155. The Morgan fingerprint density at radius 2 is 1.47 bits per heavy atom. The lowest BCUT2D eigenvalue weighted by atomic mass is 9.52. The van der Waals surface area contributed by atoms with Gasteiger partial charge in [-0.25, -0.2) is 20.1 Å². The molecule has 1 atom stereocenters. The fourth-order valence-corrected chi connectivity index (χ4v) is 10.9. The molecular formula is C34H53N6O6P. The van der Waals surface area contributed by atoms with Crippen molar-refractivity contribution in [1.82, 2.24) is 24.7 Å². The number of hydrogen-bond acceptors (Lipinski definition) is 9. The lowest BCUT2D eigenvalue weighted by Gasteiger charge is -2.54. The highest BCUT2D eigenvalue weighted by Gasteiger charge is 2.50. The van der Waals surface area contributed by atoms with E-state index >= 15 is 0 Å². The Morgan fingerprint density at radius 1 is 0.957 bits per heavy atom. The number of rotatable bonds is 15. The molecule has 260 valence electrons. The highest BCUT2D eigenvalue weighted by Crippen LogP contribution is 2.59. The molecule has 0 unspecified atom stereocenters. The third-order valence-electron chi connectivity index (χ3n) is 11.1. The first-order valence-corrected chi connectivity index (χ1v) is 19.2. The Labute approximate surface area is 278 Å². The molecule has 6 rings (SSSR count). The number of hydrogen-bond donors (Lipinski definition) is 3. The largest absolute Gasteiger partial charge is 0.464 e. The quantitative estimate of drug-likeness (QED) is 0.161. The summed E-state index contributed by atoms with van der Waals surface area (Å²) in [7, 11) is -3.77. The molecule has 0 bridgehead atoms. The van der Waals surface area contributed by atoms with Crippen molar-refractivity contribution in [3.05, 3.63) is 18.6 Å². The molecule has 0 amide bonds. The Kier molecular flexibility index (Phi) is 9.30. The zero-order chi connectivity index (χ0) is 33.7. The normalized spacial score (nSPS) is 23.6. The molecule has 2 heterocycles. The first-order chi connectivity index (χ1) is 22.1. The van der Waals surface area contributed by atoms with Gasteiger partial charge in [0.05, 0.1) is 37.9 Å². The van der Waals surface area contributed by atoms with Gasteiger partial charge < -0.3 is 24.5 Å². The molecule has 4 aliphatic carbocycles. The predicted molar refractivity (Wildman–Crippen MR) is 179 cm³/mol. The summed E-state index contributed by atoms with van der Waals surface area (Å²) in [6.45, 7) is 9.52. The molecule has 2 spiro atoms. The number of nitrogens with one attached hydrogen (secondary N) is 2. The van der Waals surface area contributed by atoms with Crippen molar-refractivity contribution in [3.8, 4) is 0 Å². The Hall–Kier alpha value is -2.53. The van der Waals surface area contributed by atoms with Crippen molar-refractivity contribution in [3.63, 3.8) is 0 Å².